The number of rotatable bonds is 7. The van der Waals surface area contributed by atoms with Crippen molar-refractivity contribution in [2.75, 3.05) is 4.72 Å². The van der Waals surface area contributed by atoms with Gasteiger partial charge in [0.15, 0.2) is 4.34 Å². The number of aromatic nitrogens is 2. The second kappa shape index (κ2) is 7.63. The summed E-state index contributed by atoms with van der Waals surface area (Å²) in [5.74, 6) is -0.194. The zero-order valence-corrected chi connectivity index (χ0v) is 15.3. The zero-order chi connectivity index (χ0) is 16.2. The van der Waals surface area contributed by atoms with Gasteiger partial charge in [-0.2, -0.15) is 0 Å². The summed E-state index contributed by atoms with van der Waals surface area (Å²) in [4.78, 5) is 0. The maximum absolute atomic E-state index is 12.2. The van der Waals surface area contributed by atoms with Crippen LogP contribution < -0.4 is 4.72 Å². The van der Waals surface area contributed by atoms with Gasteiger partial charge in [-0.3, -0.25) is 4.72 Å². The first-order chi connectivity index (χ1) is 10.4. The van der Waals surface area contributed by atoms with Gasteiger partial charge in [0, 0.05) is 10.3 Å². The van der Waals surface area contributed by atoms with E-state index in [2.05, 4.69) is 28.8 Å². The van der Waals surface area contributed by atoms with E-state index in [1.54, 1.807) is 36.0 Å². The van der Waals surface area contributed by atoms with Gasteiger partial charge in [-0.25, -0.2) is 8.42 Å². The van der Waals surface area contributed by atoms with E-state index in [-0.39, 0.29) is 10.9 Å². The highest BCUT2D eigenvalue weighted by Gasteiger charge is 2.17. The van der Waals surface area contributed by atoms with Crippen LogP contribution in [0.2, 0.25) is 5.02 Å². The second-order valence-corrected chi connectivity index (χ2v) is 9.45. The average molecular weight is 378 g/mol. The lowest BCUT2D eigenvalue weighted by Gasteiger charge is -2.06. The molecule has 1 unspecified atom stereocenters. The molecule has 1 atom stereocenters. The largest absolute Gasteiger partial charge is 0.257 e. The van der Waals surface area contributed by atoms with Crippen LogP contribution in [0.25, 0.3) is 0 Å². The number of hydrogen-bond acceptors (Lipinski definition) is 6. The Balaban J connectivity index is 2.05. The molecule has 0 aliphatic rings. The summed E-state index contributed by atoms with van der Waals surface area (Å²) < 4.78 is 27.5. The quantitative estimate of drug-likeness (QED) is 0.737. The lowest BCUT2D eigenvalue weighted by Crippen LogP contribution is -2.15. The normalized spacial score (nSPS) is 13.0. The highest BCUT2D eigenvalue weighted by molar-refractivity contribution is 8.01. The molecular weight excluding hydrogens is 362 g/mol. The van der Waals surface area contributed by atoms with E-state index in [9.17, 15) is 8.42 Å². The zero-order valence-electron chi connectivity index (χ0n) is 12.1. The molecule has 22 heavy (non-hydrogen) atoms. The standard InChI is InChI=1S/C13H16ClN3O2S3/c1-3-9(2)20-13-16-15-12(21-13)17-22(18,19)8-10-6-4-5-7-11(10)14/h4-7,9H,3,8H2,1-2H3,(H,15,17). The predicted molar refractivity (Wildman–Crippen MR) is 93.2 cm³/mol. The van der Waals surface area contributed by atoms with Crippen molar-refractivity contribution in [1.82, 2.24) is 10.2 Å². The average Bonchev–Trinajstić information content (AvgIpc) is 2.87. The number of halogens is 1. The molecule has 0 saturated carbocycles. The van der Waals surface area contributed by atoms with Crippen molar-refractivity contribution >= 4 is 49.9 Å². The maximum atomic E-state index is 12.2. The van der Waals surface area contributed by atoms with Gasteiger partial charge >= 0.3 is 0 Å². The van der Waals surface area contributed by atoms with E-state index in [4.69, 9.17) is 11.6 Å². The molecule has 0 aliphatic heterocycles. The van der Waals surface area contributed by atoms with Crippen LogP contribution >= 0.6 is 34.7 Å². The van der Waals surface area contributed by atoms with E-state index in [1.165, 1.54) is 11.3 Å². The maximum Gasteiger partial charge on any atom is 0.238 e. The molecule has 1 heterocycles. The fraction of sp³-hybridized carbons (Fsp3) is 0.385. The van der Waals surface area contributed by atoms with Gasteiger partial charge in [0.1, 0.15) is 0 Å². The van der Waals surface area contributed by atoms with Gasteiger partial charge < -0.3 is 0 Å². The van der Waals surface area contributed by atoms with E-state index < -0.39 is 10.0 Å². The molecule has 0 aliphatic carbocycles. The Kier molecular flexibility index (Phi) is 6.08. The second-order valence-electron chi connectivity index (χ2n) is 4.66. The summed E-state index contributed by atoms with van der Waals surface area (Å²) in [6, 6.07) is 6.86. The van der Waals surface area contributed by atoms with Crippen LogP contribution in [0.1, 0.15) is 25.8 Å². The fourth-order valence-corrected chi connectivity index (χ4v) is 5.26. The third-order valence-corrected chi connectivity index (χ3v) is 6.71. The first kappa shape index (κ1) is 17.5. The Morgan fingerprint density at radius 1 is 1.36 bits per heavy atom. The van der Waals surface area contributed by atoms with Gasteiger partial charge in [0.05, 0.1) is 5.75 Å². The molecule has 2 aromatic rings. The first-order valence-corrected chi connectivity index (χ1v) is 10.4. The summed E-state index contributed by atoms with van der Waals surface area (Å²) in [7, 11) is -3.57. The van der Waals surface area contributed by atoms with Gasteiger partial charge in [0.2, 0.25) is 15.2 Å². The van der Waals surface area contributed by atoms with Crippen LogP contribution in [0, 0.1) is 0 Å². The molecular formula is C13H16ClN3O2S3. The van der Waals surface area contributed by atoms with Crippen molar-refractivity contribution in [3.05, 3.63) is 34.9 Å². The number of thioether (sulfide) groups is 1. The first-order valence-electron chi connectivity index (χ1n) is 6.63. The van der Waals surface area contributed by atoms with Crippen molar-refractivity contribution in [3.63, 3.8) is 0 Å². The van der Waals surface area contributed by atoms with E-state index in [0.29, 0.717) is 15.8 Å². The van der Waals surface area contributed by atoms with Crippen LogP contribution in [0.3, 0.4) is 0 Å². The monoisotopic (exact) mass is 377 g/mol. The van der Waals surface area contributed by atoms with Crippen molar-refractivity contribution in [2.24, 2.45) is 0 Å². The van der Waals surface area contributed by atoms with Crippen LogP contribution in [0.5, 0.6) is 0 Å². The molecule has 1 N–H and O–H groups in total. The number of nitrogens with zero attached hydrogens (tertiary/aromatic N) is 2. The molecule has 9 heteroatoms. The number of hydrogen-bond donors (Lipinski definition) is 1. The molecule has 0 radical (unpaired) electrons. The SMILES string of the molecule is CCC(C)Sc1nnc(NS(=O)(=O)Cc2ccccc2Cl)s1. The number of nitrogens with one attached hydrogen (secondary N) is 1. The van der Waals surface area contributed by atoms with Gasteiger partial charge in [-0.1, -0.05) is 66.7 Å². The van der Waals surface area contributed by atoms with Gasteiger partial charge in [-0.05, 0) is 18.1 Å². The molecule has 0 amide bonds. The van der Waals surface area contributed by atoms with Crippen LogP contribution in [-0.4, -0.2) is 23.9 Å². The van der Waals surface area contributed by atoms with Gasteiger partial charge in [0.25, 0.3) is 0 Å². The van der Waals surface area contributed by atoms with E-state index in [1.807, 2.05) is 0 Å². The molecule has 0 spiro atoms. The Morgan fingerprint density at radius 3 is 2.77 bits per heavy atom. The molecule has 0 saturated heterocycles. The summed E-state index contributed by atoms with van der Waals surface area (Å²) in [6.07, 6.45) is 1.01. The van der Waals surface area contributed by atoms with Crippen molar-refractivity contribution in [3.8, 4) is 0 Å². The summed E-state index contributed by atoms with van der Waals surface area (Å²) in [5.41, 5.74) is 0.551. The van der Waals surface area contributed by atoms with Crippen molar-refractivity contribution in [2.45, 2.75) is 35.6 Å². The van der Waals surface area contributed by atoms with Crippen LogP contribution in [-0.2, 0) is 15.8 Å². The molecule has 5 nitrogen and oxygen atoms in total. The number of benzene rings is 1. The van der Waals surface area contributed by atoms with Crippen molar-refractivity contribution in [1.29, 1.82) is 0 Å². The van der Waals surface area contributed by atoms with Crippen molar-refractivity contribution < 1.29 is 8.42 Å². The van der Waals surface area contributed by atoms with Crippen LogP contribution in [0.4, 0.5) is 5.13 Å². The third-order valence-electron chi connectivity index (χ3n) is 2.83. The fourth-order valence-electron chi connectivity index (χ4n) is 1.54. The molecule has 1 aromatic carbocycles. The highest BCUT2D eigenvalue weighted by atomic mass is 35.5. The summed E-state index contributed by atoms with van der Waals surface area (Å²) in [5, 5.41) is 8.99. The molecule has 2 rings (SSSR count). The van der Waals surface area contributed by atoms with E-state index in [0.717, 1.165) is 10.8 Å². The smallest absolute Gasteiger partial charge is 0.238 e. The lowest BCUT2D eigenvalue weighted by molar-refractivity contribution is 0.600. The molecule has 0 fully saturated rings. The minimum atomic E-state index is -3.57. The predicted octanol–water partition coefficient (Wildman–Crippen LogP) is 4.02. The third kappa shape index (κ3) is 5.12. The Labute approximate surface area is 143 Å². The Hall–Kier alpha value is -0.830. The minimum Gasteiger partial charge on any atom is -0.257 e. The van der Waals surface area contributed by atoms with Gasteiger partial charge in [-0.15, -0.1) is 10.2 Å². The lowest BCUT2D eigenvalue weighted by atomic mass is 10.2. The highest BCUT2D eigenvalue weighted by Crippen LogP contribution is 2.30. The Morgan fingerprint density at radius 2 is 2.09 bits per heavy atom. The minimum absolute atomic E-state index is 0.194. The van der Waals surface area contributed by atoms with Crippen LogP contribution in [0.15, 0.2) is 28.6 Å². The molecule has 1 aromatic heterocycles. The summed E-state index contributed by atoms with van der Waals surface area (Å²) >= 11 is 8.81. The van der Waals surface area contributed by atoms with E-state index >= 15 is 0 Å². The topological polar surface area (TPSA) is 72.0 Å². The Bertz CT molecular complexity index is 734. The molecule has 0 bridgehead atoms. The number of sulfonamides is 1. The molecule has 120 valence electrons. The summed E-state index contributed by atoms with van der Waals surface area (Å²) in [6.45, 7) is 4.18. The number of anilines is 1.